The molecule has 27 heavy (non-hydrogen) atoms. The second kappa shape index (κ2) is 7.15. The third kappa shape index (κ3) is 3.34. The van der Waals surface area contributed by atoms with Crippen LogP contribution in [0.3, 0.4) is 0 Å². The summed E-state index contributed by atoms with van der Waals surface area (Å²) in [6.45, 7) is 5.94. The van der Waals surface area contributed by atoms with E-state index in [9.17, 15) is 14.7 Å². The molecule has 3 rings (SSSR count). The number of carboxylic acid groups (broad SMARTS) is 1. The molecule has 0 spiro atoms. The second-order valence-corrected chi connectivity index (χ2v) is 7.15. The first-order valence-corrected chi connectivity index (χ1v) is 8.81. The molecule has 2 atom stereocenters. The van der Waals surface area contributed by atoms with Crippen molar-refractivity contribution in [1.29, 1.82) is 0 Å². The normalized spacial score (nSPS) is 23.6. The van der Waals surface area contributed by atoms with Gasteiger partial charge in [-0.3, -0.25) is 4.79 Å². The van der Waals surface area contributed by atoms with E-state index in [0.717, 1.165) is 0 Å². The zero-order valence-electron chi connectivity index (χ0n) is 15.5. The van der Waals surface area contributed by atoms with Crippen molar-refractivity contribution >= 4 is 11.9 Å². The molecule has 9 heteroatoms. The minimum Gasteiger partial charge on any atom is -0.479 e. The molecule has 1 fully saturated rings. The average Bonchev–Trinajstić information content (AvgIpc) is 3.29. The Hall–Kier alpha value is -2.68. The highest BCUT2D eigenvalue weighted by Gasteiger charge is 2.66. The number of amides is 1. The number of furan rings is 1. The van der Waals surface area contributed by atoms with Crippen molar-refractivity contribution < 1.29 is 28.4 Å². The van der Waals surface area contributed by atoms with Gasteiger partial charge in [0.1, 0.15) is 11.8 Å². The van der Waals surface area contributed by atoms with Crippen LogP contribution in [0.1, 0.15) is 39.5 Å². The number of nitrogens with zero attached hydrogens (tertiary/aromatic N) is 2. The minimum absolute atomic E-state index is 0.0391. The van der Waals surface area contributed by atoms with Crippen molar-refractivity contribution in [3.05, 3.63) is 24.5 Å². The van der Waals surface area contributed by atoms with E-state index in [4.69, 9.17) is 13.7 Å². The first kappa shape index (κ1) is 19.1. The first-order valence-electron chi connectivity index (χ1n) is 8.81. The van der Waals surface area contributed by atoms with Gasteiger partial charge in [0, 0.05) is 31.3 Å². The smallest absolute Gasteiger partial charge is 0.330 e. The zero-order valence-corrected chi connectivity index (χ0v) is 15.5. The molecule has 2 heterocycles. The van der Waals surface area contributed by atoms with E-state index in [1.807, 2.05) is 6.92 Å². The Balaban J connectivity index is 1.60. The van der Waals surface area contributed by atoms with Crippen LogP contribution >= 0.6 is 0 Å². The lowest BCUT2D eigenvalue weighted by Gasteiger charge is -2.58. The Kier molecular flexibility index (Phi) is 5.05. The van der Waals surface area contributed by atoms with Crippen LogP contribution in [-0.2, 0) is 20.7 Å². The molecule has 1 aliphatic carbocycles. The van der Waals surface area contributed by atoms with Crippen LogP contribution in [0, 0.1) is 5.41 Å². The van der Waals surface area contributed by atoms with Crippen LogP contribution in [0.5, 0.6) is 0 Å². The molecular weight excluding hydrogens is 354 g/mol. The van der Waals surface area contributed by atoms with Gasteiger partial charge in [-0.2, -0.15) is 4.98 Å². The van der Waals surface area contributed by atoms with Gasteiger partial charge in [0.2, 0.25) is 17.6 Å². The largest absolute Gasteiger partial charge is 0.479 e. The Morgan fingerprint density at radius 3 is 2.81 bits per heavy atom. The van der Waals surface area contributed by atoms with Crippen molar-refractivity contribution in [2.24, 2.45) is 5.41 Å². The maximum absolute atomic E-state index is 12.4. The fourth-order valence-electron chi connectivity index (χ4n) is 3.42. The Morgan fingerprint density at radius 1 is 1.44 bits per heavy atom. The molecule has 1 amide bonds. The van der Waals surface area contributed by atoms with Crippen LogP contribution in [0.25, 0.3) is 11.4 Å². The van der Waals surface area contributed by atoms with Crippen molar-refractivity contribution in [2.45, 2.75) is 51.7 Å². The number of ether oxygens (including phenoxy) is 1. The number of rotatable bonds is 8. The molecule has 0 radical (unpaired) electrons. The van der Waals surface area contributed by atoms with Crippen LogP contribution in [0.4, 0.5) is 0 Å². The number of aromatic nitrogens is 2. The topological polar surface area (TPSA) is 128 Å². The second-order valence-electron chi connectivity index (χ2n) is 7.15. The van der Waals surface area contributed by atoms with E-state index in [0.29, 0.717) is 23.9 Å². The lowest BCUT2D eigenvalue weighted by atomic mass is 9.54. The lowest BCUT2D eigenvalue weighted by Crippen LogP contribution is -2.76. The maximum Gasteiger partial charge on any atom is 0.330 e. The SMILES string of the molecule is CCOC1CC(NC(=O)CCc2nc(-c3ccoc3)no2)(C(=O)O)C1(C)C. The summed E-state index contributed by atoms with van der Waals surface area (Å²) in [5, 5.41) is 16.2. The third-order valence-electron chi connectivity index (χ3n) is 5.30. The predicted molar refractivity (Wildman–Crippen MR) is 92.6 cm³/mol. The van der Waals surface area contributed by atoms with Gasteiger partial charge in [-0.25, -0.2) is 4.79 Å². The molecule has 2 aromatic rings. The lowest BCUT2D eigenvalue weighted by molar-refractivity contribution is -0.194. The monoisotopic (exact) mass is 377 g/mol. The summed E-state index contributed by atoms with van der Waals surface area (Å²) in [6.07, 6.45) is 3.26. The van der Waals surface area contributed by atoms with Gasteiger partial charge in [0.25, 0.3) is 0 Å². The molecule has 0 aromatic carbocycles. The van der Waals surface area contributed by atoms with Gasteiger partial charge in [-0.05, 0) is 13.0 Å². The molecule has 2 unspecified atom stereocenters. The van der Waals surface area contributed by atoms with E-state index in [1.165, 1.54) is 12.5 Å². The number of aliphatic carboxylic acids is 1. The Morgan fingerprint density at radius 2 is 2.22 bits per heavy atom. The minimum atomic E-state index is -1.35. The summed E-state index contributed by atoms with van der Waals surface area (Å²) < 4.78 is 15.7. The summed E-state index contributed by atoms with van der Waals surface area (Å²) in [4.78, 5) is 28.5. The molecule has 9 nitrogen and oxygen atoms in total. The van der Waals surface area contributed by atoms with Crippen molar-refractivity contribution in [3.63, 3.8) is 0 Å². The molecule has 146 valence electrons. The summed E-state index contributed by atoms with van der Waals surface area (Å²) in [5.74, 6) is -0.771. The van der Waals surface area contributed by atoms with Gasteiger partial charge in [0.15, 0.2) is 0 Å². The Bertz CT molecular complexity index is 813. The van der Waals surface area contributed by atoms with Gasteiger partial charge >= 0.3 is 5.97 Å². The molecule has 1 saturated carbocycles. The summed E-state index contributed by atoms with van der Waals surface area (Å²) >= 11 is 0. The maximum atomic E-state index is 12.4. The highest BCUT2D eigenvalue weighted by atomic mass is 16.5. The fourth-order valence-corrected chi connectivity index (χ4v) is 3.42. The van der Waals surface area contributed by atoms with Crippen LogP contribution in [0.15, 0.2) is 27.5 Å². The number of carbonyl (C=O) groups excluding carboxylic acids is 1. The van der Waals surface area contributed by atoms with Crippen LogP contribution < -0.4 is 5.32 Å². The van der Waals surface area contributed by atoms with Gasteiger partial charge < -0.3 is 24.1 Å². The van der Waals surface area contributed by atoms with Crippen LogP contribution in [-0.4, -0.2) is 45.4 Å². The molecule has 0 bridgehead atoms. The van der Waals surface area contributed by atoms with E-state index < -0.39 is 16.9 Å². The van der Waals surface area contributed by atoms with E-state index >= 15 is 0 Å². The number of hydrogen-bond acceptors (Lipinski definition) is 7. The summed E-state index contributed by atoms with van der Waals surface area (Å²) in [6, 6.07) is 1.70. The Labute approximate surface area is 156 Å². The van der Waals surface area contributed by atoms with Gasteiger partial charge in [-0.1, -0.05) is 19.0 Å². The fraction of sp³-hybridized carbons (Fsp3) is 0.556. The number of nitrogens with one attached hydrogen (secondary N) is 1. The number of carboxylic acids is 1. The van der Waals surface area contributed by atoms with Gasteiger partial charge in [0.05, 0.1) is 17.9 Å². The molecule has 2 aromatic heterocycles. The zero-order chi connectivity index (χ0) is 19.7. The molecule has 1 aliphatic rings. The standard InChI is InChI=1S/C18H23N3O6/c1-4-26-12-9-18(16(23)24,17(12,2)3)20-13(22)5-6-14-19-15(21-27-14)11-7-8-25-10-11/h7-8,10,12H,4-6,9H2,1-3H3,(H,20,22)(H,23,24). The number of aryl methyl sites for hydroxylation is 1. The predicted octanol–water partition coefficient (Wildman–Crippen LogP) is 2.04. The van der Waals surface area contributed by atoms with Crippen molar-refractivity contribution in [3.8, 4) is 11.4 Å². The van der Waals surface area contributed by atoms with E-state index in [2.05, 4.69) is 15.5 Å². The van der Waals surface area contributed by atoms with Crippen molar-refractivity contribution in [2.75, 3.05) is 6.61 Å². The van der Waals surface area contributed by atoms with E-state index in [-0.39, 0.29) is 31.3 Å². The average molecular weight is 377 g/mol. The summed E-state index contributed by atoms with van der Waals surface area (Å²) in [5.41, 5.74) is -1.39. The van der Waals surface area contributed by atoms with Crippen molar-refractivity contribution in [1.82, 2.24) is 15.5 Å². The number of hydrogen-bond donors (Lipinski definition) is 2. The summed E-state index contributed by atoms with van der Waals surface area (Å²) in [7, 11) is 0. The third-order valence-corrected chi connectivity index (χ3v) is 5.30. The molecule has 0 aliphatic heterocycles. The first-order chi connectivity index (χ1) is 12.8. The highest BCUT2D eigenvalue weighted by Crippen LogP contribution is 2.51. The van der Waals surface area contributed by atoms with E-state index in [1.54, 1.807) is 19.9 Å². The molecule has 0 saturated heterocycles. The molecular formula is C18H23N3O6. The highest BCUT2D eigenvalue weighted by molar-refractivity contribution is 5.89. The molecule has 2 N–H and O–H groups in total. The van der Waals surface area contributed by atoms with Gasteiger partial charge in [-0.15, -0.1) is 0 Å². The quantitative estimate of drug-likeness (QED) is 0.715. The number of carbonyl (C=O) groups is 2. The van der Waals surface area contributed by atoms with Crippen LogP contribution in [0.2, 0.25) is 0 Å².